The summed E-state index contributed by atoms with van der Waals surface area (Å²) in [7, 11) is 0. The molecule has 3 atom stereocenters. The van der Waals surface area contributed by atoms with Crippen LogP contribution in [0.5, 0.6) is 0 Å². The number of carboxylic acids is 1. The third-order valence-corrected chi connectivity index (χ3v) is 5.54. The van der Waals surface area contributed by atoms with E-state index in [1.807, 2.05) is 11.8 Å². The van der Waals surface area contributed by atoms with Gasteiger partial charge in [0.2, 0.25) is 0 Å². The molecule has 114 valence electrons. The van der Waals surface area contributed by atoms with Crippen LogP contribution in [0.25, 0.3) is 0 Å². The fraction of sp³-hybridized carbons (Fsp3) is 0.857. The van der Waals surface area contributed by atoms with Crippen LogP contribution in [-0.2, 0) is 4.79 Å². The lowest BCUT2D eigenvalue weighted by atomic mass is 9.89. The van der Waals surface area contributed by atoms with E-state index in [-0.39, 0.29) is 12.1 Å². The normalized spacial score (nSPS) is 30.9. The second kappa shape index (κ2) is 7.20. The molecule has 2 aliphatic heterocycles. The van der Waals surface area contributed by atoms with Crippen molar-refractivity contribution in [2.24, 2.45) is 5.92 Å². The lowest BCUT2D eigenvalue weighted by Gasteiger charge is -2.38. The van der Waals surface area contributed by atoms with Gasteiger partial charge in [-0.05, 0) is 37.4 Å². The number of rotatable bonds is 3. The lowest BCUT2D eigenvalue weighted by Crippen LogP contribution is -2.55. The Kier molecular flexibility index (Phi) is 5.57. The SMILES string of the molecule is CCC1CCN(C(=O)NC2CCCSC2)C(C(=O)O)C1. The van der Waals surface area contributed by atoms with E-state index < -0.39 is 12.0 Å². The Labute approximate surface area is 124 Å². The van der Waals surface area contributed by atoms with E-state index in [1.165, 1.54) is 4.90 Å². The molecule has 3 unspecified atom stereocenters. The molecule has 0 radical (unpaired) electrons. The zero-order chi connectivity index (χ0) is 14.5. The molecule has 2 fully saturated rings. The molecule has 0 bridgehead atoms. The number of hydrogen-bond donors (Lipinski definition) is 2. The maximum atomic E-state index is 12.3. The molecule has 0 aromatic rings. The van der Waals surface area contributed by atoms with E-state index in [0.717, 1.165) is 37.2 Å². The van der Waals surface area contributed by atoms with E-state index in [1.54, 1.807) is 0 Å². The standard InChI is InChI=1S/C14H24N2O3S/c1-2-10-5-6-16(12(8-10)13(17)18)14(19)15-11-4-3-7-20-9-11/h10-12H,2-9H2,1H3,(H,15,19)(H,17,18). The van der Waals surface area contributed by atoms with Gasteiger partial charge < -0.3 is 15.3 Å². The predicted molar refractivity (Wildman–Crippen MR) is 80.0 cm³/mol. The molecule has 6 heteroatoms. The monoisotopic (exact) mass is 300 g/mol. The fourth-order valence-corrected chi connectivity index (χ4v) is 4.07. The minimum absolute atomic E-state index is 0.194. The average Bonchev–Trinajstić information content (AvgIpc) is 2.47. The average molecular weight is 300 g/mol. The summed E-state index contributed by atoms with van der Waals surface area (Å²) in [6.45, 7) is 2.64. The van der Waals surface area contributed by atoms with Gasteiger partial charge in [0.1, 0.15) is 6.04 Å². The van der Waals surface area contributed by atoms with Gasteiger partial charge in [-0.15, -0.1) is 0 Å². The number of hydrogen-bond acceptors (Lipinski definition) is 3. The van der Waals surface area contributed by atoms with Crippen LogP contribution in [0.1, 0.15) is 39.0 Å². The van der Waals surface area contributed by atoms with Crippen molar-refractivity contribution in [3.05, 3.63) is 0 Å². The number of amides is 2. The summed E-state index contributed by atoms with van der Waals surface area (Å²) in [6, 6.07) is -0.663. The molecule has 0 aromatic heterocycles. The molecular formula is C14H24N2O3S. The maximum absolute atomic E-state index is 12.3. The first-order chi connectivity index (χ1) is 9.61. The highest BCUT2D eigenvalue weighted by atomic mass is 32.2. The van der Waals surface area contributed by atoms with Crippen molar-refractivity contribution in [1.82, 2.24) is 10.2 Å². The first-order valence-corrected chi connectivity index (χ1v) is 8.65. The minimum atomic E-state index is -0.878. The van der Waals surface area contributed by atoms with Gasteiger partial charge >= 0.3 is 12.0 Å². The van der Waals surface area contributed by atoms with E-state index in [2.05, 4.69) is 12.2 Å². The molecule has 2 N–H and O–H groups in total. The molecule has 5 nitrogen and oxygen atoms in total. The highest BCUT2D eigenvalue weighted by molar-refractivity contribution is 7.99. The number of nitrogens with one attached hydrogen (secondary N) is 1. The molecule has 0 aliphatic carbocycles. The van der Waals surface area contributed by atoms with Gasteiger partial charge in [-0.3, -0.25) is 0 Å². The van der Waals surface area contributed by atoms with Crippen LogP contribution in [0.4, 0.5) is 4.79 Å². The molecule has 0 spiro atoms. The molecule has 2 saturated heterocycles. The second-order valence-corrected chi connectivity index (χ2v) is 6.86. The Bertz CT molecular complexity index is 358. The highest BCUT2D eigenvalue weighted by Gasteiger charge is 2.36. The predicted octanol–water partition coefficient (Wildman–Crippen LogP) is 2.17. The Morgan fingerprint density at radius 3 is 2.80 bits per heavy atom. The number of nitrogens with zero attached hydrogens (tertiary/aromatic N) is 1. The number of piperidine rings is 1. The van der Waals surface area contributed by atoms with Gasteiger partial charge in [0.15, 0.2) is 0 Å². The summed E-state index contributed by atoms with van der Waals surface area (Å²) in [4.78, 5) is 25.2. The van der Waals surface area contributed by atoms with Crippen LogP contribution >= 0.6 is 11.8 Å². The zero-order valence-corrected chi connectivity index (χ0v) is 12.8. The van der Waals surface area contributed by atoms with Gasteiger partial charge in [0, 0.05) is 18.3 Å². The molecule has 0 saturated carbocycles. The number of thioether (sulfide) groups is 1. The summed E-state index contributed by atoms with van der Waals surface area (Å²) < 4.78 is 0. The quantitative estimate of drug-likeness (QED) is 0.838. The summed E-state index contributed by atoms with van der Waals surface area (Å²) >= 11 is 1.85. The summed E-state index contributed by atoms with van der Waals surface area (Å²) in [6.07, 6.45) is 4.60. The Morgan fingerprint density at radius 1 is 1.40 bits per heavy atom. The second-order valence-electron chi connectivity index (χ2n) is 5.71. The topological polar surface area (TPSA) is 69.6 Å². The van der Waals surface area contributed by atoms with Gasteiger partial charge in [-0.2, -0.15) is 11.8 Å². The van der Waals surface area contributed by atoms with Crippen molar-refractivity contribution in [1.29, 1.82) is 0 Å². The lowest BCUT2D eigenvalue weighted by molar-refractivity contribution is -0.144. The van der Waals surface area contributed by atoms with Crippen LogP contribution in [0, 0.1) is 5.92 Å². The van der Waals surface area contributed by atoms with Crippen LogP contribution in [0.3, 0.4) is 0 Å². The molecule has 2 amide bonds. The minimum Gasteiger partial charge on any atom is -0.480 e. The van der Waals surface area contributed by atoms with E-state index >= 15 is 0 Å². The third kappa shape index (κ3) is 3.81. The molecule has 20 heavy (non-hydrogen) atoms. The molecule has 2 aliphatic rings. The highest BCUT2D eigenvalue weighted by Crippen LogP contribution is 2.26. The number of carbonyl (C=O) groups excluding carboxylic acids is 1. The van der Waals surface area contributed by atoms with Crippen molar-refractivity contribution in [2.75, 3.05) is 18.1 Å². The number of carboxylic acid groups (broad SMARTS) is 1. The van der Waals surface area contributed by atoms with Crippen molar-refractivity contribution in [3.63, 3.8) is 0 Å². The van der Waals surface area contributed by atoms with E-state index in [4.69, 9.17) is 0 Å². The van der Waals surface area contributed by atoms with Crippen LogP contribution in [0.15, 0.2) is 0 Å². The van der Waals surface area contributed by atoms with Crippen molar-refractivity contribution in [3.8, 4) is 0 Å². The van der Waals surface area contributed by atoms with Crippen molar-refractivity contribution >= 4 is 23.8 Å². The van der Waals surface area contributed by atoms with Crippen molar-refractivity contribution < 1.29 is 14.7 Å². The van der Waals surface area contributed by atoms with Gasteiger partial charge in [0.25, 0.3) is 0 Å². The van der Waals surface area contributed by atoms with Gasteiger partial charge in [-0.1, -0.05) is 13.3 Å². The molecule has 2 rings (SSSR count). The fourth-order valence-electron chi connectivity index (χ4n) is 3.00. The summed E-state index contributed by atoms with van der Waals surface area (Å²) in [5, 5.41) is 12.4. The van der Waals surface area contributed by atoms with Crippen molar-refractivity contribution in [2.45, 2.75) is 51.1 Å². The Hall–Kier alpha value is -0.910. The first kappa shape index (κ1) is 15.5. The number of urea groups is 1. The maximum Gasteiger partial charge on any atom is 0.326 e. The first-order valence-electron chi connectivity index (χ1n) is 7.49. The number of likely N-dealkylation sites (tertiary alicyclic amines) is 1. The molecular weight excluding hydrogens is 276 g/mol. The van der Waals surface area contributed by atoms with E-state index in [9.17, 15) is 14.7 Å². The Morgan fingerprint density at radius 2 is 2.20 bits per heavy atom. The molecule has 0 aromatic carbocycles. The van der Waals surface area contributed by atoms with Crippen LogP contribution in [0.2, 0.25) is 0 Å². The van der Waals surface area contributed by atoms with Crippen LogP contribution in [-0.4, -0.2) is 52.1 Å². The van der Waals surface area contributed by atoms with Crippen LogP contribution < -0.4 is 5.32 Å². The number of carbonyl (C=O) groups is 2. The van der Waals surface area contributed by atoms with Gasteiger partial charge in [-0.25, -0.2) is 9.59 Å². The molecule has 2 heterocycles. The summed E-state index contributed by atoms with van der Waals surface area (Å²) in [5.41, 5.74) is 0. The van der Waals surface area contributed by atoms with E-state index in [0.29, 0.717) is 18.9 Å². The largest absolute Gasteiger partial charge is 0.480 e. The van der Waals surface area contributed by atoms with Gasteiger partial charge in [0.05, 0.1) is 0 Å². The zero-order valence-electron chi connectivity index (χ0n) is 12.0. The Balaban J connectivity index is 1.94. The number of aliphatic carboxylic acids is 1. The smallest absolute Gasteiger partial charge is 0.326 e. The third-order valence-electron chi connectivity index (χ3n) is 4.32. The summed E-state index contributed by atoms with van der Waals surface area (Å²) in [5.74, 6) is 1.64.